The molecule has 1 saturated heterocycles. The van der Waals surface area contributed by atoms with E-state index in [4.69, 9.17) is 14.2 Å². The first-order valence-corrected chi connectivity index (χ1v) is 6.54. The van der Waals surface area contributed by atoms with Gasteiger partial charge in [-0.25, -0.2) is 0 Å². The van der Waals surface area contributed by atoms with Crippen LogP contribution in [0.2, 0.25) is 0 Å². The van der Waals surface area contributed by atoms with Gasteiger partial charge in [0.15, 0.2) is 0 Å². The molecule has 0 bridgehead atoms. The van der Waals surface area contributed by atoms with Gasteiger partial charge in [-0.2, -0.15) is 0 Å². The maximum Gasteiger partial charge on any atom is 0.269 e. The molecular formula is C13H17NO8. The van der Waals surface area contributed by atoms with Crippen LogP contribution in [0, 0.1) is 10.1 Å². The molecule has 0 unspecified atom stereocenters. The number of nitro groups is 1. The zero-order valence-electron chi connectivity index (χ0n) is 11.7. The maximum atomic E-state index is 10.6. The van der Waals surface area contributed by atoms with Gasteiger partial charge in [-0.3, -0.25) is 10.1 Å². The van der Waals surface area contributed by atoms with Crippen molar-refractivity contribution >= 4 is 5.69 Å². The van der Waals surface area contributed by atoms with Crippen LogP contribution < -0.4 is 4.74 Å². The summed E-state index contributed by atoms with van der Waals surface area (Å²) in [6.07, 6.45) is -5.70. The fourth-order valence-corrected chi connectivity index (χ4v) is 2.22. The summed E-state index contributed by atoms with van der Waals surface area (Å²) in [4.78, 5) is 10.0. The summed E-state index contributed by atoms with van der Waals surface area (Å²) in [5, 5.41) is 39.8. The molecule has 3 N–H and O–H groups in total. The van der Waals surface area contributed by atoms with Crippen molar-refractivity contribution in [3.63, 3.8) is 0 Å². The minimum Gasteiger partial charge on any atom is -0.462 e. The molecule has 122 valence electrons. The molecule has 5 atom stereocenters. The summed E-state index contributed by atoms with van der Waals surface area (Å²) in [7, 11) is 1.32. The minimum atomic E-state index is -1.40. The van der Waals surface area contributed by atoms with Gasteiger partial charge in [-0.1, -0.05) is 0 Å². The SMILES string of the molecule is CO[C@H]1[C@H](O)[C@@H](O)[C@@H](Oc2ccc([N+](=O)[O-])cc2)O[C@@H]1CO. The van der Waals surface area contributed by atoms with Gasteiger partial charge in [0, 0.05) is 19.2 Å². The Labute approximate surface area is 125 Å². The molecule has 0 saturated carbocycles. The highest BCUT2D eigenvalue weighted by Gasteiger charge is 2.45. The van der Waals surface area contributed by atoms with Crippen LogP contribution in [0.1, 0.15) is 0 Å². The van der Waals surface area contributed by atoms with E-state index >= 15 is 0 Å². The summed E-state index contributed by atoms with van der Waals surface area (Å²) in [6.45, 7) is -0.428. The van der Waals surface area contributed by atoms with Gasteiger partial charge < -0.3 is 29.5 Å². The topological polar surface area (TPSA) is 132 Å². The monoisotopic (exact) mass is 315 g/mol. The van der Waals surface area contributed by atoms with Gasteiger partial charge in [0.1, 0.15) is 30.2 Å². The second kappa shape index (κ2) is 6.99. The average Bonchev–Trinajstić information content (AvgIpc) is 2.52. The van der Waals surface area contributed by atoms with Crippen molar-refractivity contribution in [2.75, 3.05) is 13.7 Å². The van der Waals surface area contributed by atoms with Crippen molar-refractivity contribution in [2.24, 2.45) is 0 Å². The number of methoxy groups -OCH3 is 1. The van der Waals surface area contributed by atoms with Crippen LogP contribution in [0.5, 0.6) is 5.75 Å². The third kappa shape index (κ3) is 3.34. The molecule has 9 heteroatoms. The van der Waals surface area contributed by atoms with E-state index in [1.807, 2.05) is 0 Å². The Morgan fingerprint density at radius 1 is 1.27 bits per heavy atom. The van der Waals surface area contributed by atoms with E-state index in [1.165, 1.54) is 31.4 Å². The number of hydrogen-bond acceptors (Lipinski definition) is 8. The second-order valence-electron chi connectivity index (χ2n) is 4.78. The number of nitrogens with zero attached hydrogens (tertiary/aromatic N) is 1. The summed E-state index contributed by atoms with van der Waals surface area (Å²) in [6, 6.07) is 5.17. The van der Waals surface area contributed by atoms with E-state index in [0.717, 1.165) is 0 Å². The average molecular weight is 315 g/mol. The van der Waals surface area contributed by atoms with Crippen molar-refractivity contribution in [1.82, 2.24) is 0 Å². The molecule has 1 aliphatic heterocycles. The molecule has 0 aliphatic carbocycles. The Morgan fingerprint density at radius 2 is 1.91 bits per heavy atom. The zero-order chi connectivity index (χ0) is 16.3. The van der Waals surface area contributed by atoms with Gasteiger partial charge in [-0.05, 0) is 12.1 Å². The van der Waals surface area contributed by atoms with E-state index < -0.39 is 42.2 Å². The summed E-state index contributed by atoms with van der Waals surface area (Å²) >= 11 is 0. The van der Waals surface area contributed by atoms with E-state index in [1.54, 1.807) is 0 Å². The molecule has 0 radical (unpaired) electrons. The van der Waals surface area contributed by atoms with Crippen molar-refractivity contribution in [1.29, 1.82) is 0 Å². The molecule has 0 spiro atoms. The molecule has 9 nitrogen and oxygen atoms in total. The zero-order valence-corrected chi connectivity index (χ0v) is 11.7. The third-order valence-corrected chi connectivity index (χ3v) is 3.39. The Balaban J connectivity index is 2.09. The van der Waals surface area contributed by atoms with Crippen molar-refractivity contribution < 1.29 is 34.5 Å². The molecule has 1 fully saturated rings. The van der Waals surface area contributed by atoms with Crippen molar-refractivity contribution in [2.45, 2.75) is 30.7 Å². The van der Waals surface area contributed by atoms with Crippen LogP contribution >= 0.6 is 0 Å². The predicted octanol–water partition coefficient (Wildman–Crippen LogP) is -0.572. The van der Waals surface area contributed by atoms with E-state index in [0.29, 0.717) is 0 Å². The molecule has 1 aromatic rings. The van der Waals surface area contributed by atoms with Gasteiger partial charge in [0.2, 0.25) is 6.29 Å². The lowest BCUT2D eigenvalue weighted by Crippen LogP contribution is -2.60. The minimum absolute atomic E-state index is 0.106. The molecule has 2 rings (SSSR count). The molecule has 1 aromatic carbocycles. The Kier molecular flexibility index (Phi) is 5.27. The molecule has 1 heterocycles. The molecule has 22 heavy (non-hydrogen) atoms. The Morgan fingerprint density at radius 3 is 2.41 bits per heavy atom. The predicted molar refractivity (Wildman–Crippen MR) is 72.3 cm³/mol. The van der Waals surface area contributed by atoms with Crippen LogP contribution in [-0.4, -0.2) is 64.7 Å². The first kappa shape index (κ1) is 16.6. The Hall–Kier alpha value is -1.78. The molecule has 1 aliphatic rings. The van der Waals surface area contributed by atoms with E-state index in [2.05, 4.69) is 0 Å². The fourth-order valence-electron chi connectivity index (χ4n) is 2.22. The highest BCUT2D eigenvalue weighted by atomic mass is 16.7. The smallest absolute Gasteiger partial charge is 0.269 e. The number of ether oxygens (including phenoxy) is 3. The fraction of sp³-hybridized carbons (Fsp3) is 0.538. The van der Waals surface area contributed by atoms with E-state index in [-0.39, 0.29) is 11.4 Å². The standard InChI is InChI=1S/C13H17NO8/c1-20-12-9(6-15)22-13(11(17)10(12)16)21-8-4-2-7(3-5-8)14(18)19/h2-5,9-13,15-17H,6H2,1H3/t9-,10-,11-,12-,13+/m1/s1. The lowest BCUT2D eigenvalue weighted by atomic mass is 9.99. The van der Waals surface area contributed by atoms with Gasteiger partial charge in [-0.15, -0.1) is 0 Å². The number of rotatable bonds is 5. The summed E-state index contributed by atoms with van der Waals surface area (Å²) < 4.78 is 15.7. The van der Waals surface area contributed by atoms with Crippen molar-refractivity contribution in [3.8, 4) is 5.75 Å². The first-order chi connectivity index (χ1) is 10.5. The van der Waals surface area contributed by atoms with Gasteiger partial charge in [0.25, 0.3) is 5.69 Å². The molecule has 0 aromatic heterocycles. The number of benzene rings is 1. The lowest BCUT2D eigenvalue weighted by Gasteiger charge is -2.41. The Bertz CT molecular complexity index is 505. The first-order valence-electron chi connectivity index (χ1n) is 6.54. The van der Waals surface area contributed by atoms with Crippen LogP contribution in [0.3, 0.4) is 0 Å². The van der Waals surface area contributed by atoms with Crippen molar-refractivity contribution in [3.05, 3.63) is 34.4 Å². The summed E-state index contributed by atoms with van der Waals surface area (Å²) in [5.74, 6) is 0.217. The molecule has 0 amide bonds. The number of aliphatic hydroxyl groups is 3. The second-order valence-corrected chi connectivity index (χ2v) is 4.78. The van der Waals surface area contributed by atoms with Gasteiger partial charge in [0.05, 0.1) is 11.5 Å². The highest BCUT2D eigenvalue weighted by molar-refractivity contribution is 5.36. The van der Waals surface area contributed by atoms with Crippen LogP contribution in [-0.2, 0) is 9.47 Å². The van der Waals surface area contributed by atoms with E-state index in [9.17, 15) is 25.4 Å². The number of hydrogen-bond donors (Lipinski definition) is 3. The largest absolute Gasteiger partial charge is 0.462 e. The maximum absolute atomic E-state index is 10.6. The quantitative estimate of drug-likeness (QED) is 0.486. The number of nitro benzene ring substituents is 1. The number of non-ortho nitro benzene ring substituents is 1. The van der Waals surface area contributed by atoms with Crippen LogP contribution in [0.4, 0.5) is 5.69 Å². The highest BCUT2D eigenvalue weighted by Crippen LogP contribution is 2.26. The van der Waals surface area contributed by atoms with Crippen LogP contribution in [0.15, 0.2) is 24.3 Å². The lowest BCUT2D eigenvalue weighted by molar-refractivity contribution is -0.384. The van der Waals surface area contributed by atoms with Gasteiger partial charge >= 0.3 is 0 Å². The number of aliphatic hydroxyl groups excluding tert-OH is 3. The van der Waals surface area contributed by atoms with Crippen LogP contribution in [0.25, 0.3) is 0 Å². The summed E-state index contributed by atoms with van der Waals surface area (Å²) in [5.41, 5.74) is -0.106. The normalized spacial score (nSPS) is 31.7. The molecular weight excluding hydrogens is 298 g/mol. The third-order valence-electron chi connectivity index (χ3n) is 3.39.